The SMILES string of the molecule is C=CCCCN(C[C@H](NC(=O)OC(C)(C)C)C(=O)N1C[C@H](O)C[C@H]1C(=O)N[C@]1(C(=O)O)C[C@H]1C=C)C1CC1. The van der Waals surface area contributed by atoms with Gasteiger partial charge in [-0.15, -0.1) is 13.2 Å². The first kappa shape index (κ1) is 29.6. The summed E-state index contributed by atoms with van der Waals surface area (Å²) in [6.07, 6.45) is 5.45. The molecule has 0 bridgehead atoms. The van der Waals surface area contributed by atoms with Gasteiger partial charge in [-0.05, 0) is 59.4 Å². The van der Waals surface area contributed by atoms with Crippen LogP contribution in [0.1, 0.15) is 59.3 Å². The Morgan fingerprint density at radius 2 is 1.92 bits per heavy atom. The van der Waals surface area contributed by atoms with Gasteiger partial charge in [0.1, 0.15) is 23.2 Å². The van der Waals surface area contributed by atoms with Crippen molar-refractivity contribution in [3.05, 3.63) is 25.3 Å². The zero-order valence-corrected chi connectivity index (χ0v) is 22.6. The summed E-state index contributed by atoms with van der Waals surface area (Å²) in [5.74, 6) is -2.76. The molecule has 38 heavy (non-hydrogen) atoms. The smallest absolute Gasteiger partial charge is 0.408 e. The summed E-state index contributed by atoms with van der Waals surface area (Å²) in [4.78, 5) is 55.0. The number of alkyl carbamates (subject to hydrolysis) is 1. The third-order valence-electron chi connectivity index (χ3n) is 7.21. The summed E-state index contributed by atoms with van der Waals surface area (Å²) in [5, 5.41) is 25.3. The third kappa shape index (κ3) is 7.35. The van der Waals surface area contributed by atoms with E-state index < -0.39 is 59.1 Å². The molecule has 0 spiro atoms. The zero-order valence-electron chi connectivity index (χ0n) is 22.6. The summed E-state index contributed by atoms with van der Waals surface area (Å²) < 4.78 is 5.40. The number of carbonyl (C=O) groups is 4. The topological polar surface area (TPSA) is 149 Å². The lowest BCUT2D eigenvalue weighted by Gasteiger charge is -2.33. The number of unbranched alkanes of at least 4 members (excludes halogenated alkanes) is 1. The van der Waals surface area contributed by atoms with Gasteiger partial charge < -0.3 is 30.5 Å². The normalized spacial score (nSPS) is 27.4. The molecule has 212 valence electrons. The van der Waals surface area contributed by atoms with E-state index in [4.69, 9.17) is 4.74 Å². The Kier molecular flexibility index (Phi) is 9.25. The molecule has 1 heterocycles. The predicted octanol–water partition coefficient (Wildman–Crippen LogP) is 1.42. The average molecular weight is 535 g/mol. The van der Waals surface area contributed by atoms with Crippen LogP contribution in [0.2, 0.25) is 0 Å². The molecular formula is C27H42N4O7. The van der Waals surface area contributed by atoms with E-state index in [0.29, 0.717) is 12.6 Å². The number of amides is 3. The van der Waals surface area contributed by atoms with Crippen LogP contribution < -0.4 is 10.6 Å². The van der Waals surface area contributed by atoms with Crippen molar-refractivity contribution in [1.82, 2.24) is 20.4 Å². The van der Waals surface area contributed by atoms with Gasteiger partial charge in [0.05, 0.1) is 6.10 Å². The van der Waals surface area contributed by atoms with E-state index in [1.54, 1.807) is 20.8 Å². The molecule has 3 rings (SSSR count). The number of carboxylic acid groups (broad SMARTS) is 1. The van der Waals surface area contributed by atoms with Gasteiger partial charge in [-0.2, -0.15) is 0 Å². The highest BCUT2D eigenvalue weighted by Gasteiger charge is 2.61. The Morgan fingerprint density at radius 1 is 1.24 bits per heavy atom. The van der Waals surface area contributed by atoms with Crippen molar-refractivity contribution in [2.75, 3.05) is 19.6 Å². The van der Waals surface area contributed by atoms with Crippen LogP contribution in [0.15, 0.2) is 25.3 Å². The minimum Gasteiger partial charge on any atom is -0.479 e. The fraction of sp³-hybridized carbons (Fsp3) is 0.704. The lowest BCUT2D eigenvalue weighted by molar-refractivity contribution is -0.145. The van der Waals surface area contributed by atoms with E-state index in [0.717, 1.165) is 25.7 Å². The van der Waals surface area contributed by atoms with Crippen molar-refractivity contribution in [2.45, 2.75) is 94.7 Å². The molecule has 2 aliphatic carbocycles. The summed E-state index contributed by atoms with van der Waals surface area (Å²) in [7, 11) is 0. The summed E-state index contributed by atoms with van der Waals surface area (Å²) in [6.45, 7) is 13.4. The average Bonchev–Trinajstić information content (AvgIpc) is 3.73. The quantitative estimate of drug-likeness (QED) is 0.205. The van der Waals surface area contributed by atoms with Crippen molar-refractivity contribution in [2.24, 2.45) is 5.92 Å². The number of aliphatic carboxylic acids is 1. The third-order valence-corrected chi connectivity index (χ3v) is 7.21. The molecule has 1 aliphatic heterocycles. The van der Waals surface area contributed by atoms with Gasteiger partial charge in [-0.25, -0.2) is 9.59 Å². The molecule has 0 unspecified atom stereocenters. The Morgan fingerprint density at radius 3 is 2.45 bits per heavy atom. The van der Waals surface area contributed by atoms with Gasteiger partial charge in [0.25, 0.3) is 0 Å². The van der Waals surface area contributed by atoms with Crippen LogP contribution in [0.4, 0.5) is 4.79 Å². The second-order valence-corrected chi connectivity index (χ2v) is 11.6. The number of aliphatic hydroxyl groups is 1. The Balaban J connectivity index is 1.79. The van der Waals surface area contributed by atoms with Crippen molar-refractivity contribution in [3.63, 3.8) is 0 Å². The fourth-order valence-corrected chi connectivity index (χ4v) is 5.00. The van der Waals surface area contributed by atoms with Gasteiger partial charge >= 0.3 is 12.1 Å². The van der Waals surface area contributed by atoms with Crippen LogP contribution in [-0.4, -0.2) is 98.9 Å². The number of nitrogens with zero attached hydrogens (tertiary/aromatic N) is 2. The minimum absolute atomic E-state index is 0.0309. The molecule has 0 aromatic heterocycles. The number of hydrogen-bond donors (Lipinski definition) is 4. The van der Waals surface area contributed by atoms with Gasteiger partial charge in [-0.1, -0.05) is 12.2 Å². The van der Waals surface area contributed by atoms with Gasteiger partial charge in [0.15, 0.2) is 0 Å². The van der Waals surface area contributed by atoms with Crippen molar-refractivity contribution in [3.8, 4) is 0 Å². The highest BCUT2D eigenvalue weighted by atomic mass is 16.6. The maximum Gasteiger partial charge on any atom is 0.408 e. The summed E-state index contributed by atoms with van der Waals surface area (Å²) in [5.41, 5.74) is -2.23. The summed E-state index contributed by atoms with van der Waals surface area (Å²) >= 11 is 0. The van der Waals surface area contributed by atoms with E-state index in [1.165, 1.54) is 11.0 Å². The molecule has 11 nitrogen and oxygen atoms in total. The molecule has 3 fully saturated rings. The van der Waals surface area contributed by atoms with E-state index in [9.17, 15) is 29.4 Å². The van der Waals surface area contributed by atoms with Crippen molar-refractivity contribution >= 4 is 23.9 Å². The number of likely N-dealkylation sites (tertiary alicyclic amines) is 1. The van der Waals surface area contributed by atoms with Crippen LogP contribution in [-0.2, 0) is 19.1 Å². The van der Waals surface area contributed by atoms with Gasteiger partial charge in [-0.3, -0.25) is 14.5 Å². The first-order valence-electron chi connectivity index (χ1n) is 13.3. The number of β-amino-alcohol motifs (C(OH)–C–C–N with tert-alkyl or cyclic N) is 1. The Bertz CT molecular complexity index is 944. The minimum atomic E-state index is -1.46. The second kappa shape index (κ2) is 11.9. The molecule has 1 saturated heterocycles. The highest BCUT2D eigenvalue weighted by molar-refractivity contribution is 5.96. The molecule has 2 saturated carbocycles. The monoisotopic (exact) mass is 534 g/mol. The molecule has 0 aromatic carbocycles. The molecule has 11 heteroatoms. The molecule has 0 aromatic rings. The Labute approximate surface area is 224 Å². The molecule has 0 radical (unpaired) electrons. The van der Waals surface area contributed by atoms with E-state index in [2.05, 4.69) is 28.7 Å². The maximum absolute atomic E-state index is 13.8. The van der Waals surface area contributed by atoms with Gasteiger partial charge in [0.2, 0.25) is 11.8 Å². The number of carboxylic acids is 1. The number of rotatable bonds is 13. The first-order chi connectivity index (χ1) is 17.8. The first-order valence-corrected chi connectivity index (χ1v) is 13.3. The number of hydrogen-bond acceptors (Lipinski definition) is 7. The number of ether oxygens (including phenoxy) is 1. The van der Waals surface area contributed by atoms with E-state index >= 15 is 0 Å². The maximum atomic E-state index is 13.8. The number of carbonyl (C=O) groups excluding carboxylic acids is 3. The van der Waals surface area contributed by atoms with Crippen LogP contribution in [0, 0.1) is 5.92 Å². The number of allylic oxidation sites excluding steroid dienone is 1. The molecule has 4 N–H and O–H groups in total. The van der Waals surface area contributed by atoms with Crippen LogP contribution >= 0.6 is 0 Å². The number of aliphatic hydroxyl groups excluding tert-OH is 1. The fourth-order valence-electron chi connectivity index (χ4n) is 5.00. The largest absolute Gasteiger partial charge is 0.479 e. The predicted molar refractivity (Wildman–Crippen MR) is 140 cm³/mol. The highest BCUT2D eigenvalue weighted by Crippen LogP contribution is 2.44. The zero-order chi connectivity index (χ0) is 28.3. The van der Waals surface area contributed by atoms with Crippen LogP contribution in [0.3, 0.4) is 0 Å². The van der Waals surface area contributed by atoms with Crippen LogP contribution in [0.25, 0.3) is 0 Å². The van der Waals surface area contributed by atoms with E-state index in [1.807, 2.05) is 6.08 Å². The Hall–Kier alpha value is -2.92. The second-order valence-electron chi connectivity index (χ2n) is 11.6. The standard InChI is InChI=1S/C27H42N4O7/c1-6-8-9-12-30(18-10-11-18)16-20(28-25(37)38-26(3,4)5)23(34)31-15-19(32)13-21(31)22(33)29-27(24(35)36)14-17(27)7-2/h6-7,17-21,32H,1-2,8-16H2,3-5H3,(H,28,37)(H,29,33)(H,35,36)/t17-,19-,20+,21+,27-/m1/s1. The van der Waals surface area contributed by atoms with Crippen molar-refractivity contribution < 1.29 is 34.1 Å². The van der Waals surface area contributed by atoms with Gasteiger partial charge in [0, 0.05) is 31.5 Å². The molecule has 5 atom stereocenters. The number of nitrogens with one attached hydrogen (secondary N) is 2. The molecular weight excluding hydrogens is 492 g/mol. The summed E-state index contributed by atoms with van der Waals surface area (Å²) in [6, 6.07) is -1.79. The molecule has 3 amide bonds. The van der Waals surface area contributed by atoms with E-state index in [-0.39, 0.29) is 25.9 Å². The lowest BCUT2D eigenvalue weighted by Crippen LogP contribution is -2.59. The lowest BCUT2D eigenvalue weighted by atomic mass is 10.1. The van der Waals surface area contributed by atoms with Crippen molar-refractivity contribution in [1.29, 1.82) is 0 Å². The van der Waals surface area contributed by atoms with Crippen LogP contribution in [0.5, 0.6) is 0 Å². The molecule has 3 aliphatic rings.